The van der Waals surface area contributed by atoms with E-state index in [2.05, 4.69) is 19.0 Å². The molecule has 0 aromatic carbocycles. The van der Waals surface area contributed by atoms with Crippen LogP contribution in [0.3, 0.4) is 0 Å². The molecule has 1 heterocycles. The molecule has 5 rings (SSSR count). The van der Waals surface area contributed by atoms with Gasteiger partial charge < -0.3 is 19.0 Å². The Labute approximate surface area is 249 Å². The van der Waals surface area contributed by atoms with Crippen LogP contribution in [0.2, 0.25) is 0 Å². The van der Waals surface area contributed by atoms with Gasteiger partial charge in [-0.25, -0.2) is 18.0 Å². The Balaban J connectivity index is 1.42. The van der Waals surface area contributed by atoms with Crippen molar-refractivity contribution in [2.24, 2.45) is 27.8 Å². The van der Waals surface area contributed by atoms with Crippen molar-refractivity contribution in [1.29, 1.82) is 0 Å². The van der Waals surface area contributed by atoms with Crippen molar-refractivity contribution in [2.45, 2.75) is 122 Å². The first kappa shape index (κ1) is 31.2. The van der Waals surface area contributed by atoms with Crippen LogP contribution in [0.5, 0.6) is 0 Å². The van der Waals surface area contributed by atoms with Gasteiger partial charge in [0.05, 0.1) is 20.0 Å². The zero-order chi connectivity index (χ0) is 30.3. The summed E-state index contributed by atoms with van der Waals surface area (Å²) in [5.74, 6) is -3.98. The average Bonchev–Trinajstić information content (AvgIpc) is 3.58. The Hall–Kier alpha value is -2.21. The number of sulfonamides is 1. The number of hydrogen-bond donors (Lipinski definition) is 0. The van der Waals surface area contributed by atoms with Crippen LogP contribution in [0.4, 0.5) is 0 Å². The maximum atomic E-state index is 14.6. The van der Waals surface area contributed by atoms with E-state index in [1.165, 1.54) is 0 Å². The molecule has 0 amide bonds. The van der Waals surface area contributed by atoms with E-state index in [0.29, 0.717) is 12.8 Å². The maximum Gasteiger partial charge on any atom is 0.357 e. The van der Waals surface area contributed by atoms with Crippen LogP contribution in [0.25, 0.3) is 0 Å². The molecule has 12 heteroatoms. The van der Waals surface area contributed by atoms with E-state index < -0.39 is 51.5 Å². The standard InChI is InChI=1S/C30H46N2O9S/c1-29(2)19-15-16-30(29,18-42(36,37)32(20-11-7-5-8-12-20)21-13-9-6-10-14-21)22(17-19)40-27(34)24-23(26(33)38-3)25(41-31-24)28(35)39-4/h19-23,25H,5-18H2,1-4H3/t19-,22-,23+,25+,30-/m1/s1. The molecule has 0 saturated heterocycles. The van der Waals surface area contributed by atoms with Crippen LogP contribution in [0.1, 0.15) is 97.3 Å². The number of nitrogens with zero attached hydrogens (tertiary/aromatic N) is 2. The largest absolute Gasteiger partial charge is 0.468 e. The van der Waals surface area contributed by atoms with E-state index in [0.717, 1.165) is 84.8 Å². The van der Waals surface area contributed by atoms with Gasteiger partial charge in [-0.1, -0.05) is 57.5 Å². The molecule has 236 valence electrons. The van der Waals surface area contributed by atoms with E-state index in [-0.39, 0.29) is 34.9 Å². The lowest BCUT2D eigenvalue weighted by molar-refractivity contribution is -0.161. The molecule has 0 N–H and O–H groups in total. The minimum atomic E-state index is -3.71. The summed E-state index contributed by atoms with van der Waals surface area (Å²) in [7, 11) is -1.43. The van der Waals surface area contributed by atoms with Gasteiger partial charge in [-0.05, 0) is 56.3 Å². The van der Waals surface area contributed by atoms with Crippen molar-refractivity contribution in [1.82, 2.24) is 4.31 Å². The summed E-state index contributed by atoms with van der Waals surface area (Å²) in [5, 5.41) is 3.74. The Bertz CT molecular complexity index is 1170. The Morgan fingerprint density at radius 2 is 1.48 bits per heavy atom. The van der Waals surface area contributed by atoms with Crippen molar-refractivity contribution in [3.05, 3.63) is 0 Å². The van der Waals surface area contributed by atoms with Gasteiger partial charge in [0.15, 0.2) is 11.6 Å². The molecule has 0 aromatic heterocycles. The lowest BCUT2D eigenvalue weighted by atomic mass is 9.69. The number of methoxy groups -OCH3 is 2. The summed E-state index contributed by atoms with van der Waals surface area (Å²) in [6, 6.07) is 0.0408. The third-order valence-electron chi connectivity index (χ3n) is 11.2. The predicted molar refractivity (Wildman–Crippen MR) is 153 cm³/mol. The maximum absolute atomic E-state index is 14.6. The topological polar surface area (TPSA) is 138 Å². The predicted octanol–water partition coefficient (Wildman–Crippen LogP) is 3.74. The SMILES string of the molecule is COC(=O)[C@H]1C(C(=O)O[C@@H]2C[C@H]3CC[C@]2(CS(=O)(=O)N(C2CCCCC2)C2CCCCC2)C3(C)C)=NO[C@@H]1C(=O)OC. The first-order valence-electron chi connectivity index (χ1n) is 15.6. The first-order chi connectivity index (χ1) is 20.0. The molecule has 42 heavy (non-hydrogen) atoms. The third kappa shape index (κ3) is 5.35. The summed E-state index contributed by atoms with van der Waals surface area (Å²) in [5.41, 5.74) is -1.56. The lowest BCUT2D eigenvalue weighted by Gasteiger charge is -2.46. The fourth-order valence-electron chi connectivity index (χ4n) is 8.72. The van der Waals surface area contributed by atoms with Crippen LogP contribution in [0, 0.1) is 22.7 Å². The van der Waals surface area contributed by atoms with Crippen LogP contribution >= 0.6 is 0 Å². The molecule has 0 radical (unpaired) electrons. The Morgan fingerprint density at radius 3 is 2.00 bits per heavy atom. The van der Waals surface area contributed by atoms with E-state index in [9.17, 15) is 22.8 Å². The Morgan fingerprint density at radius 1 is 0.905 bits per heavy atom. The number of carbonyl (C=O) groups is 3. The summed E-state index contributed by atoms with van der Waals surface area (Å²) in [4.78, 5) is 43.5. The zero-order valence-electron chi connectivity index (χ0n) is 25.3. The van der Waals surface area contributed by atoms with Crippen molar-refractivity contribution in [3.8, 4) is 0 Å². The quantitative estimate of drug-likeness (QED) is 0.282. The van der Waals surface area contributed by atoms with Gasteiger partial charge in [-0.3, -0.25) is 4.79 Å². The van der Waals surface area contributed by atoms with Crippen LogP contribution < -0.4 is 0 Å². The smallest absolute Gasteiger partial charge is 0.357 e. The van der Waals surface area contributed by atoms with Gasteiger partial charge in [-0.2, -0.15) is 4.31 Å². The normalized spacial score (nSPS) is 33.2. The monoisotopic (exact) mass is 610 g/mol. The summed E-state index contributed by atoms with van der Waals surface area (Å²) in [6.07, 6.45) is 9.88. The number of carbonyl (C=O) groups excluding carboxylic acids is 3. The summed E-state index contributed by atoms with van der Waals surface area (Å²) >= 11 is 0. The van der Waals surface area contributed by atoms with Crippen molar-refractivity contribution >= 4 is 33.6 Å². The molecule has 0 unspecified atom stereocenters. The highest BCUT2D eigenvalue weighted by molar-refractivity contribution is 7.89. The van der Waals surface area contributed by atoms with E-state index in [1.54, 1.807) is 0 Å². The van der Waals surface area contributed by atoms with Crippen molar-refractivity contribution in [3.63, 3.8) is 0 Å². The van der Waals surface area contributed by atoms with Crippen molar-refractivity contribution < 1.29 is 41.8 Å². The molecule has 4 fully saturated rings. The molecule has 4 aliphatic carbocycles. The van der Waals surface area contributed by atoms with Gasteiger partial charge in [0.2, 0.25) is 16.1 Å². The van der Waals surface area contributed by atoms with Crippen LogP contribution in [-0.4, -0.2) is 80.6 Å². The molecular formula is C30H46N2O9S. The molecule has 2 bridgehead atoms. The minimum absolute atomic E-state index is 0.0204. The molecule has 4 saturated carbocycles. The van der Waals surface area contributed by atoms with Gasteiger partial charge >= 0.3 is 17.9 Å². The number of hydrogen-bond acceptors (Lipinski definition) is 10. The first-order valence-corrected chi connectivity index (χ1v) is 17.2. The molecule has 1 aliphatic heterocycles. The Kier molecular flexibility index (Phi) is 8.96. The fraction of sp³-hybridized carbons (Fsp3) is 0.867. The van der Waals surface area contributed by atoms with Gasteiger partial charge in [-0.15, -0.1) is 0 Å². The average molecular weight is 611 g/mol. The molecule has 5 atom stereocenters. The fourth-order valence-corrected chi connectivity index (χ4v) is 11.5. The van der Waals surface area contributed by atoms with E-state index >= 15 is 0 Å². The van der Waals surface area contributed by atoms with Crippen molar-refractivity contribution in [2.75, 3.05) is 20.0 Å². The highest BCUT2D eigenvalue weighted by Crippen LogP contribution is 2.67. The van der Waals surface area contributed by atoms with Gasteiger partial charge in [0, 0.05) is 17.5 Å². The second-order valence-electron chi connectivity index (χ2n) is 13.4. The number of esters is 3. The molecule has 5 aliphatic rings. The molecular weight excluding hydrogens is 564 g/mol. The highest BCUT2D eigenvalue weighted by atomic mass is 32.2. The zero-order valence-corrected chi connectivity index (χ0v) is 26.2. The number of fused-ring (bicyclic) bond motifs is 2. The van der Waals surface area contributed by atoms with Crippen LogP contribution in [0.15, 0.2) is 5.16 Å². The van der Waals surface area contributed by atoms with Crippen LogP contribution in [-0.2, 0) is 43.5 Å². The lowest BCUT2D eigenvalue weighted by Crippen LogP contribution is -2.55. The van der Waals surface area contributed by atoms with Gasteiger partial charge in [0.25, 0.3) is 0 Å². The number of oxime groups is 1. The number of rotatable bonds is 9. The molecule has 0 aromatic rings. The minimum Gasteiger partial charge on any atom is -0.468 e. The van der Waals surface area contributed by atoms with Gasteiger partial charge in [0.1, 0.15) is 6.10 Å². The third-order valence-corrected chi connectivity index (χ3v) is 13.3. The summed E-state index contributed by atoms with van der Waals surface area (Å²) < 4.78 is 46.7. The second kappa shape index (κ2) is 12.1. The van der Waals surface area contributed by atoms with E-state index in [4.69, 9.17) is 19.0 Å². The highest BCUT2D eigenvalue weighted by Gasteiger charge is 2.67. The molecule has 0 spiro atoms. The molecule has 11 nitrogen and oxygen atoms in total. The number of ether oxygens (including phenoxy) is 3. The summed E-state index contributed by atoms with van der Waals surface area (Å²) in [6.45, 7) is 4.20. The van der Waals surface area contributed by atoms with E-state index in [1.807, 2.05) is 4.31 Å². The second-order valence-corrected chi connectivity index (χ2v) is 15.3.